The lowest BCUT2D eigenvalue weighted by molar-refractivity contribution is 0.102. The number of amides is 1. The molecule has 4 rings (SSSR count). The van der Waals surface area contributed by atoms with E-state index in [9.17, 15) is 4.79 Å². The maximum Gasteiger partial charge on any atom is 0.257 e. The minimum absolute atomic E-state index is 0.339. The molecule has 0 unspecified atom stereocenters. The lowest BCUT2D eigenvalue weighted by Gasteiger charge is -2.11. The number of fused-ring (bicyclic) bond motifs is 1. The highest BCUT2D eigenvalue weighted by Gasteiger charge is 2.17. The van der Waals surface area contributed by atoms with Crippen LogP contribution in [0.1, 0.15) is 15.9 Å². The Balaban J connectivity index is 1.72. The van der Waals surface area contributed by atoms with Crippen LogP contribution >= 0.6 is 46.1 Å². The van der Waals surface area contributed by atoms with Crippen molar-refractivity contribution in [2.24, 2.45) is 0 Å². The van der Waals surface area contributed by atoms with Crippen LogP contribution in [0.25, 0.3) is 20.8 Å². The first kappa shape index (κ1) is 19.2. The number of carbonyl (C=O) groups excluding carboxylic acids is 1. The van der Waals surface area contributed by atoms with Gasteiger partial charge in [-0.15, -0.1) is 11.3 Å². The molecule has 4 aromatic rings. The molecule has 0 fully saturated rings. The standard InChI is InChI=1S/C21H13Cl3N2OS/c1-11-6-7-12(14(22)8-11)20(27)25-18-9-13(15(23)10-16(18)24)21-26-17-4-2-3-5-19(17)28-21/h2-10H,1H3,(H,25,27). The van der Waals surface area contributed by atoms with Crippen LogP contribution < -0.4 is 5.32 Å². The van der Waals surface area contributed by atoms with Crippen molar-refractivity contribution in [1.29, 1.82) is 0 Å². The number of nitrogens with one attached hydrogen (secondary N) is 1. The summed E-state index contributed by atoms with van der Waals surface area (Å²) in [5.74, 6) is -0.343. The third-order valence-electron chi connectivity index (χ3n) is 4.20. The number of aryl methyl sites for hydroxylation is 1. The first-order valence-corrected chi connectivity index (χ1v) is 10.3. The predicted molar refractivity (Wildman–Crippen MR) is 119 cm³/mol. The number of nitrogens with zero attached hydrogens (tertiary/aromatic N) is 1. The van der Waals surface area contributed by atoms with Gasteiger partial charge in [-0.05, 0) is 48.9 Å². The number of aromatic nitrogens is 1. The average molecular weight is 448 g/mol. The molecular formula is C21H13Cl3N2OS. The van der Waals surface area contributed by atoms with Crippen LogP contribution in [-0.4, -0.2) is 10.9 Å². The molecule has 0 aliphatic carbocycles. The zero-order valence-corrected chi connectivity index (χ0v) is 17.7. The maximum atomic E-state index is 12.7. The fourth-order valence-electron chi connectivity index (χ4n) is 2.79. The molecule has 0 aliphatic heterocycles. The predicted octanol–water partition coefficient (Wildman–Crippen LogP) is 7.48. The highest BCUT2D eigenvalue weighted by Crippen LogP contribution is 2.39. The molecule has 0 saturated heterocycles. The Morgan fingerprint density at radius 3 is 2.50 bits per heavy atom. The molecule has 1 amide bonds. The molecule has 140 valence electrons. The fraction of sp³-hybridized carbons (Fsp3) is 0.0476. The van der Waals surface area contributed by atoms with Crippen molar-refractivity contribution in [2.75, 3.05) is 5.32 Å². The second kappa shape index (κ2) is 7.72. The van der Waals surface area contributed by atoms with Crippen molar-refractivity contribution < 1.29 is 4.79 Å². The Hall–Kier alpha value is -2.11. The SMILES string of the molecule is Cc1ccc(C(=O)Nc2cc(-c3nc4ccccc4s3)c(Cl)cc2Cl)c(Cl)c1. The quantitative estimate of drug-likeness (QED) is 0.353. The molecule has 0 spiro atoms. The number of carbonyl (C=O) groups is 1. The summed E-state index contributed by atoms with van der Waals surface area (Å²) in [5, 5.41) is 4.77. The molecule has 7 heteroatoms. The fourth-order valence-corrected chi connectivity index (χ4v) is 4.68. The molecule has 0 atom stereocenters. The monoisotopic (exact) mass is 446 g/mol. The summed E-state index contributed by atoms with van der Waals surface area (Å²) in [4.78, 5) is 17.3. The largest absolute Gasteiger partial charge is 0.321 e. The number of hydrogen-bond acceptors (Lipinski definition) is 3. The van der Waals surface area contributed by atoms with Gasteiger partial charge in [0.2, 0.25) is 0 Å². The molecule has 3 nitrogen and oxygen atoms in total. The molecular weight excluding hydrogens is 435 g/mol. The van der Waals surface area contributed by atoms with Crippen LogP contribution in [0.15, 0.2) is 54.6 Å². The number of anilines is 1. The second-order valence-electron chi connectivity index (χ2n) is 6.24. The summed E-state index contributed by atoms with van der Waals surface area (Å²) in [5.41, 5.74) is 3.40. The van der Waals surface area contributed by atoms with Gasteiger partial charge in [-0.25, -0.2) is 4.98 Å². The minimum Gasteiger partial charge on any atom is -0.321 e. The van der Waals surface area contributed by atoms with Gasteiger partial charge in [-0.2, -0.15) is 0 Å². The smallest absolute Gasteiger partial charge is 0.257 e. The van der Waals surface area contributed by atoms with E-state index in [0.717, 1.165) is 20.8 Å². The molecule has 1 N–H and O–H groups in total. The zero-order valence-electron chi connectivity index (χ0n) is 14.6. The molecule has 28 heavy (non-hydrogen) atoms. The number of halogens is 3. The van der Waals surface area contributed by atoms with E-state index in [-0.39, 0.29) is 5.91 Å². The van der Waals surface area contributed by atoms with E-state index in [1.165, 1.54) is 11.3 Å². The normalized spacial score (nSPS) is 11.0. The van der Waals surface area contributed by atoms with Crippen LogP contribution in [0.2, 0.25) is 15.1 Å². The highest BCUT2D eigenvalue weighted by molar-refractivity contribution is 7.21. The van der Waals surface area contributed by atoms with Crippen molar-refractivity contribution in [3.8, 4) is 10.6 Å². The third kappa shape index (κ3) is 3.74. The van der Waals surface area contributed by atoms with Gasteiger partial charge in [0, 0.05) is 5.56 Å². The van der Waals surface area contributed by atoms with Crippen molar-refractivity contribution in [3.05, 3.63) is 80.8 Å². The van der Waals surface area contributed by atoms with Gasteiger partial charge in [0.25, 0.3) is 5.91 Å². The van der Waals surface area contributed by atoms with Crippen molar-refractivity contribution in [1.82, 2.24) is 4.98 Å². The highest BCUT2D eigenvalue weighted by atomic mass is 35.5. The number of thiazole rings is 1. The first-order valence-electron chi connectivity index (χ1n) is 8.35. The van der Waals surface area contributed by atoms with E-state index in [4.69, 9.17) is 34.8 Å². The molecule has 0 bridgehead atoms. The summed E-state index contributed by atoms with van der Waals surface area (Å²) in [6.07, 6.45) is 0. The van der Waals surface area contributed by atoms with Crippen molar-refractivity contribution in [3.63, 3.8) is 0 Å². The van der Waals surface area contributed by atoms with Gasteiger partial charge >= 0.3 is 0 Å². The van der Waals surface area contributed by atoms with Gasteiger partial charge in [0.1, 0.15) is 5.01 Å². The zero-order chi connectivity index (χ0) is 19.8. The van der Waals surface area contributed by atoms with Gasteiger partial charge in [0.05, 0.1) is 36.5 Å². The summed E-state index contributed by atoms with van der Waals surface area (Å²) in [7, 11) is 0. The van der Waals surface area contributed by atoms with Gasteiger partial charge in [-0.1, -0.05) is 53.0 Å². The van der Waals surface area contributed by atoms with Crippen LogP contribution in [0.4, 0.5) is 5.69 Å². The maximum absolute atomic E-state index is 12.7. The van der Waals surface area contributed by atoms with Crippen molar-refractivity contribution in [2.45, 2.75) is 6.92 Å². The molecule has 0 saturated carbocycles. The molecule has 0 aliphatic rings. The van der Waals surface area contributed by atoms with E-state index in [1.54, 1.807) is 24.3 Å². The van der Waals surface area contributed by atoms with Gasteiger partial charge in [-0.3, -0.25) is 4.79 Å². The molecule has 0 radical (unpaired) electrons. The number of hydrogen-bond donors (Lipinski definition) is 1. The summed E-state index contributed by atoms with van der Waals surface area (Å²) < 4.78 is 1.06. The van der Waals surface area contributed by atoms with Crippen LogP contribution in [0.3, 0.4) is 0 Å². The lowest BCUT2D eigenvalue weighted by Crippen LogP contribution is -2.13. The topological polar surface area (TPSA) is 42.0 Å². The minimum atomic E-state index is -0.343. The Labute approximate surface area is 180 Å². The first-order chi connectivity index (χ1) is 13.4. The summed E-state index contributed by atoms with van der Waals surface area (Å²) in [6.45, 7) is 1.91. The van der Waals surface area contributed by atoms with Crippen molar-refractivity contribution >= 4 is 68.0 Å². The van der Waals surface area contributed by atoms with Gasteiger partial charge in [0.15, 0.2) is 0 Å². The average Bonchev–Trinajstić information content (AvgIpc) is 3.07. The molecule has 3 aromatic carbocycles. The van der Waals surface area contributed by atoms with Crippen LogP contribution in [0.5, 0.6) is 0 Å². The van der Waals surface area contributed by atoms with Crippen LogP contribution in [0, 0.1) is 6.92 Å². The van der Waals surface area contributed by atoms with E-state index in [2.05, 4.69) is 10.3 Å². The molecule has 1 heterocycles. The van der Waals surface area contributed by atoms with Crippen LogP contribution in [-0.2, 0) is 0 Å². The Bertz CT molecular complexity index is 1190. The Morgan fingerprint density at radius 1 is 0.964 bits per heavy atom. The summed E-state index contributed by atoms with van der Waals surface area (Å²) in [6, 6.07) is 16.5. The Morgan fingerprint density at radius 2 is 1.75 bits per heavy atom. The number of rotatable bonds is 3. The van der Waals surface area contributed by atoms with Gasteiger partial charge < -0.3 is 5.32 Å². The third-order valence-corrected chi connectivity index (χ3v) is 6.21. The lowest BCUT2D eigenvalue weighted by atomic mass is 10.1. The number of para-hydroxylation sites is 1. The Kier molecular flexibility index (Phi) is 5.30. The van der Waals surface area contributed by atoms with E-state index >= 15 is 0 Å². The van der Waals surface area contributed by atoms with E-state index in [1.807, 2.05) is 37.3 Å². The van der Waals surface area contributed by atoms with E-state index < -0.39 is 0 Å². The number of benzene rings is 3. The molecule has 1 aromatic heterocycles. The van der Waals surface area contributed by atoms with E-state index in [0.29, 0.717) is 31.9 Å². The second-order valence-corrected chi connectivity index (χ2v) is 8.49. The summed E-state index contributed by atoms with van der Waals surface area (Å²) >= 11 is 20.5.